The topological polar surface area (TPSA) is 61.8 Å². The summed E-state index contributed by atoms with van der Waals surface area (Å²) in [6, 6.07) is 17.9. The second kappa shape index (κ2) is 8.34. The Morgan fingerprint density at radius 1 is 1.15 bits per heavy atom. The van der Waals surface area contributed by atoms with Crippen molar-refractivity contribution in [2.24, 2.45) is 0 Å². The van der Waals surface area contributed by atoms with Gasteiger partial charge in [0.2, 0.25) is 0 Å². The Balaban J connectivity index is 1.57. The highest BCUT2D eigenvalue weighted by Crippen LogP contribution is 2.34. The van der Waals surface area contributed by atoms with Crippen molar-refractivity contribution in [2.75, 3.05) is 26.8 Å². The minimum absolute atomic E-state index is 0.0434. The molecule has 26 heavy (non-hydrogen) atoms. The van der Waals surface area contributed by atoms with Crippen molar-refractivity contribution in [3.8, 4) is 0 Å². The molecule has 1 heterocycles. The predicted octanol–water partition coefficient (Wildman–Crippen LogP) is 2.68. The number of likely N-dealkylation sites (tertiary alicyclic amines) is 1. The molecular formula is C21H26N2O3. The van der Waals surface area contributed by atoms with Crippen molar-refractivity contribution in [3.63, 3.8) is 0 Å². The highest BCUT2D eigenvalue weighted by molar-refractivity contribution is 5.74. The molecule has 2 amide bonds. The van der Waals surface area contributed by atoms with Gasteiger partial charge in [-0.05, 0) is 23.1 Å². The Morgan fingerprint density at radius 3 is 2.50 bits per heavy atom. The minimum atomic E-state index is -0.361. The van der Waals surface area contributed by atoms with Crippen molar-refractivity contribution in [1.82, 2.24) is 10.2 Å². The van der Waals surface area contributed by atoms with Crippen LogP contribution in [0.4, 0.5) is 4.79 Å². The summed E-state index contributed by atoms with van der Waals surface area (Å²) in [4.78, 5) is 14.3. The zero-order chi connectivity index (χ0) is 18.4. The predicted molar refractivity (Wildman–Crippen MR) is 101 cm³/mol. The molecule has 0 saturated carbocycles. The quantitative estimate of drug-likeness (QED) is 0.838. The molecule has 1 aliphatic heterocycles. The minimum Gasteiger partial charge on any atom is -0.395 e. The van der Waals surface area contributed by atoms with Gasteiger partial charge in [-0.15, -0.1) is 0 Å². The Labute approximate surface area is 154 Å². The number of rotatable bonds is 6. The van der Waals surface area contributed by atoms with Gasteiger partial charge in [0.25, 0.3) is 0 Å². The van der Waals surface area contributed by atoms with Crippen LogP contribution in [-0.4, -0.2) is 42.8 Å². The van der Waals surface area contributed by atoms with Gasteiger partial charge in [-0.2, -0.15) is 0 Å². The van der Waals surface area contributed by atoms with E-state index in [-0.39, 0.29) is 18.1 Å². The summed E-state index contributed by atoms with van der Waals surface area (Å²) in [7, 11) is 1.67. The van der Waals surface area contributed by atoms with Gasteiger partial charge in [-0.25, -0.2) is 4.79 Å². The lowest BCUT2D eigenvalue weighted by Gasteiger charge is -2.27. The number of amides is 2. The van der Waals surface area contributed by atoms with Crippen LogP contribution in [-0.2, 0) is 23.3 Å². The molecule has 0 bridgehead atoms. The zero-order valence-electron chi connectivity index (χ0n) is 15.1. The van der Waals surface area contributed by atoms with Gasteiger partial charge < -0.3 is 20.1 Å². The van der Waals surface area contributed by atoms with Gasteiger partial charge in [0.1, 0.15) is 0 Å². The second-order valence-electron chi connectivity index (χ2n) is 6.88. The third kappa shape index (κ3) is 4.06. The van der Waals surface area contributed by atoms with Crippen LogP contribution in [0.25, 0.3) is 0 Å². The number of aliphatic hydroxyl groups is 1. The van der Waals surface area contributed by atoms with Gasteiger partial charge in [0.05, 0.1) is 13.2 Å². The lowest BCUT2D eigenvalue weighted by Crippen LogP contribution is -2.41. The number of carbonyl (C=O) groups is 1. The Hall–Kier alpha value is -2.37. The van der Waals surface area contributed by atoms with Crippen LogP contribution >= 0.6 is 0 Å². The largest absolute Gasteiger partial charge is 0.395 e. The van der Waals surface area contributed by atoms with E-state index >= 15 is 0 Å². The molecule has 1 unspecified atom stereocenters. The SMILES string of the molecule is COCc1ccc(CNC(=O)N2CCC(CO)(c3ccccc3)C2)cc1. The maximum Gasteiger partial charge on any atom is 0.317 e. The lowest BCUT2D eigenvalue weighted by atomic mass is 9.80. The molecule has 2 aromatic rings. The van der Waals surface area contributed by atoms with E-state index in [2.05, 4.69) is 5.32 Å². The number of benzene rings is 2. The maximum absolute atomic E-state index is 12.5. The van der Waals surface area contributed by atoms with Crippen LogP contribution in [0.5, 0.6) is 0 Å². The Morgan fingerprint density at radius 2 is 1.85 bits per heavy atom. The van der Waals surface area contributed by atoms with Crippen LogP contribution in [0.15, 0.2) is 54.6 Å². The van der Waals surface area contributed by atoms with E-state index in [1.54, 1.807) is 12.0 Å². The van der Waals surface area contributed by atoms with Crippen molar-refractivity contribution < 1.29 is 14.6 Å². The first-order valence-electron chi connectivity index (χ1n) is 8.93. The summed E-state index contributed by atoms with van der Waals surface area (Å²) in [5.41, 5.74) is 2.89. The fourth-order valence-corrected chi connectivity index (χ4v) is 3.50. The number of aliphatic hydroxyl groups excluding tert-OH is 1. The van der Waals surface area contributed by atoms with E-state index in [9.17, 15) is 9.90 Å². The normalized spacial score (nSPS) is 19.5. The molecule has 3 rings (SSSR count). The number of ether oxygens (including phenoxy) is 1. The molecule has 1 aliphatic rings. The molecule has 5 nitrogen and oxygen atoms in total. The van der Waals surface area contributed by atoms with Crippen LogP contribution in [0.1, 0.15) is 23.1 Å². The average molecular weight is 354 g/mol. The molecule has 2 N–H and O–H groups in total. The van der Waals surface area contributed by atoms with E-state index in [1.165, 1.54) is 0 Å². The summed E-state index contributed by atoms with van der Waals surface area (Å²) < 4.78 is 5.10. The molecule has 1 atom stereocenters. The van der Waals surface area contributed by atoms with Gasteiger partial charge in [0, 0.05) is 32.2 Å². The molecule has 0 aromatic heterocycles. The average Bonchev–Trinajstić information content (AvgIpc) is 3.14. The molecule has 1 saturated heterocycles. The van der Waals surface area contributed by atoms with Crippen LogP contribution < -0.4 is 5.32 Å². The summed E-state index contributed by atoms with van der Waals surface area (Å²) in [6.45, 7) is 2.30. The third-order valence-corrected chi connectivity index (χ3v) is 5.11. The smallest absolute Gasteiger partial charge is 0.317 e. The van der Waals surface area contributed by atoms with Crippen molar-refractivity contribution in [1.29, 1.82) is 0 Å². The van der Waals surface area contributed by atoms with E-state index in [0.717, 1.165) is 23.1 Å². The molecule has 2 aromatic carbocycles. The third-order valence-electron chi connectivity index (χ3n) is 5.11. The first-order valence-corrected chi connectivity index (χ1v) is 8.93. The van der Waals surface area contributed by atoms with Gasteiger partial charge in [-0.1, -0.05) is 54.6 Å². The fourth-order valence-electron chi connectivity index (χ4n) is 3.50. The monoisotopic (exact) mass is 354 g/mol. The molecular weight excluding hydrogens is 328 g/mol. The van der Waals surface area contributed by atoms with Crippen molar-refractivity contribution in [3.05, 3.63) is 71.3 Å². The number of nitrogens with zero attached hydrogens (tertiary/aromatic N) is 1. The number of nitrogens with one attached hydrogen (secondary N) is 1. The number of carbonyl (C=O) groups excluding carboxylic acids is 1. The molecule has 138 valence electrons. The standard InChI is InChI=1S/C21H26N2O3/c1-26-14-18-9-7-17(8-10-18)13-22-20(25)23-12-11-21(15-23,16-24)19-5-3-2-4-6-19/h2-10,24H,11-16H2,1H3,(H,22,25). The summed E-state index contributed by atoms with van der Waals surface area (Å²) in [5, 5.41) is 13.0. The lowest BCUT2D eigenvalue weighted by molar-refractivity contribution is 0.182. The second-order valence-corrected chi connectivity index (χ2v) is 6.88. The molecule has 0 aliphatic carbocycles. The summed E-state index contributed by atoms with van der Waals surface area (Å²) in [6.07, 6.45) is 0.770. The van der Waals surface area contributed by atoms with Gasteiger partial charge >= 0.3 is 6.03 Å². The van der Waals surface area contributed by atoms with Crippen molar-refractivity contribution in [2.45, 2.75) is 25.0 Å². The maximum atomic E-state index is 12.5. The van der Waals surface area contributed by atoms with E-state index in [0.29, 0.717) is 26.2 Å². The molecule has 0 spiro atoms. The van der Waals surface area contributed by atoms with E-state index in [4.69, 9.17) is 4.74 Å². The van der Waals surface area contributed by atoms with E-state index < -0.39 is 0 Å². The summed E-state index contributed by atoms with van der Waals surface area (Å²) >= 11 is 0. The number of urea groups is 1. The number of hydrogen-bond acceptors (Lipinski definition) is 3. The first-order chi connectivity index (χ1) is 12.7. The number of hydrogen-bond donors (Lipinski definition) is 2. The zero-order valence-corrected chi connectivity index (χ0v) is 15.1. The van der Waals surface area contributed by atoms with Crippen molar-refractivity contribution >= 4 is 6.03 Å². The van der Waals surface area contributed by atoms with Gasteiger partial charge in [0.15, 0.2) is 0 Å². The van der Waals surface area contributed by atoms with Crippen LogP contribution in [0.2, 0.25) is 0 Å². The molecule has 0 radical (unpaired) electrons. The van der Waals surface area contributed by atoms with Gasteiger partial charge in [-0.3, -0.25) is 0 Å². The van der Waals surface area contributed by atoms with Crippen LogP contribution in [0, 0.1) is 0 Å². The van der Waals surface area contributed by atoms with Crippen LogP contribution in [0.3, 0.4) is 0 Å². The number of methoxy groups -OCH3 is 1. The molecule has 1 fully saturated rings. The van der Waals surface area contributed by atoms with E-state index in [1.807, 2.05) is 54.6 Å². The highest BCUT2D eigenvalue weighted by atomic mass is 16.5. The molecule has 5 heteroatoms. The highest BCUT2D eigenvalue weighted by Gasteiger charge is 2.40. The Bertz CT molecular complexity index is 718. The first kappa shape index (κ1) is 18.4. The fraction of sp³-hybridized carbons (Fsp3) is 0.381. The Kier molecular flexibility index (Phi) is 5.91. The summed E-state index contributed by atoms with van der Waals surface area (Å²) in [5.74, 6) is 0.